The number of carboxylic acids is 2. The normalized spacial score (nSPS) is 15.0. The molecule has 17 heteroatoms. The Bertz CT molecular complexity index is 1590. The molecule has 0 spiro atoms. The van der Waals surface area contributed by atoms with Crippen molar-refractivity contribution in [3.63, 3.8) is 0 Å². The summed E-state index contributed by atoms with van der Waals surface area (Å²) in [7, 11) is 0. The summed E-state index contributed by atoms with van der Waals surface area (Å²) in [5.74, 6) is -4.63. The molecule has 11 nitrogen and oxygen atoms in total. The van der Waals surface area contributed by atoms with Gasteiger partial charge in [-0.25, -0.2) is 24.1 Å². The van der Waals surface area contributed by atoms with Crippen molar-refractivity contribution in [3.8, 4) is 11.1 Å². The molecule has 0 radical (unpaired) electrons. The first-order valence-electron chi connectivity index (χ1n) is 12.7. The first kappa shape index (κ1) is 33.4. The number of aryl methyl sites for hydroxylation is 1. The fraction of sp³-hybridized carbons (Fsp3) is 0.296. The predicted molar refractivity (Wildman–Crippen MR) is 140 cm³/mol. The molecule has 1 amide bonds. The van der Waals surface area contributed by atoms with Crippen LogP contribution in [-0.2, 0) is 9.59 Å². The maximum atomic E-state index is 12.9. The zero-order chi connectivity index (χ0) is 32.7. The molecule has 1 aliphatic rings. The quantitative estimate of drug-likeness (QED) is 0.306. The number of alkyl halides is 6. The number of amides is 1. The van der Waals surface area contributed by atoms with E-state index >= 15 is 0 Å². The largest absolute Gasteiger partial charge is 0.490 e. The maximum Gasteiger partial charge on any atom is 0.490 e. The van der Waals surface area contributed by atoms with Gasteiger partial charge in [0.1, 0.15) is 5.69 Å². The fourth-order valence-corrected chi connectivity index (χ4v) is 3.97. The number of fused-ring (bicyclic) bond motifs is 1. The highest BCUT2D eigenvalue weighted by Crippen LogP contribution is 2.27. The predicted octanol–water partition coefficient (Wildman–Crippen LogP) is 4.78. The van der Waals surface area contributed by atoms with Gasteiger partial charge in [0.25, 0.3) is 5.91 Å². The molecule has 0 aliphatic carbocycles. The van der Waals surface area contributed by atoms with E-state index in [0.717, 1.165) is 47.7 Å². The van der Waals surface area contributed by atoms with Crippen LogP contribution in [0.5, 0.6) is 0 Å². The Morgan fingerprint density at radius 3 is 2.11 bits per heavy atom. The van der Waals surface area contributed by atoms with Crippen LogP contribution in [0.3, 0.4) is 0 Å². The lowest BCUT2D eigenvalue weighted by Gasteiger charge is -2.31. The molecular formula is C27H24F6N6O5. The molecule has 5 heterocycles. The Hall–Kier alpha value is -5.09. The van der Waals surface area contributed by atoms with Gasteiger partial charge in [-0.05, 0) is 50.1 Å². The number of aliphatic carboxylic acids is 2. The minimum atomic E-state index is -5.08. The van der Waals surface area contributed by atoms with Crippen LogP contribution in [0.4, 0.5) is 26.3 Å². The second kappa shape index (κ2) is 13.9. The molecule has 1 saturated heterocycles. The van der Waals surface area contributed by atoms with Crippen LogP contribution in [0.15, 0.2) is 61.1 Å². The van der Waals surface area contributed by atoms with E-state index in [2.05, 4.69) is 9.97 Å². The molecule has 4 aromatic rings. The number of piperidine rings is 1. The number of pyridine rings is 3. The van der Waals surface area contributed by atoms with Crippen molar-refractivity contribution in [2.45, 2.75) is 38.0 Å². The van der Waals surface area contributed by atoms with Crippen molar-refractivity contribution < 1.29 is 50.9 Å². The van der Waals surface area contributed by atoms with Gasteiger partial charge in [-0.2, -0.15) is 31.4 Å². The van der Waals surface area contributed by atoms with Crippen LogP contribution in [0.25, 0.3) is 16.8 Å². The van der Waals surface area contributed by atoms with E-state index < -0.39 is 24.3 Å². The van der Waals surface area contributed by atoms with Crippen molar-refractivity contribution in [2.24, 2.45) is 0 Å². The number of nitrogens with zero attached hydrogens (tertiary/aromatic N) is 6. The Kier molecular flexibility index (Phi) is 10.6. The van der Waals surface area contributed by atoms with Gasteiger partial charge in [0.05, 0.1) is 0 Å². The number of hydrogen-bond acceptors (Lipinski definition) is 7. The number of rotatable bonds is 3. The zero-order valence-corrected chi connectivity index (χ0v) is 22.7. The van der Waals surface area contributed by atoms with Crippen LogP contribution in [0.2, 0.25) is 0 Å². The first-order valence-corrected chi connectivity index (χ1v) is 12.7. The van der Waals surface area contributed by atoms with Gasteiger partial charge in [0.15, 0.2) is 11.5 Å². The zero-order valence-electron chi connectivity index (χ0n) is 22.7. The molecule has 1 atom stereocenters. The van der Waals surface area contributed by atoms with Gasteiger partial charge in [-0.3, -0.25) is 9.78 Å². The maximum absolute atomic E-state index is 12.9. The summed E-state index contributed by atoms with van der Waals surface area (Å²) in [6.45, 7) is 3.25. The molecule has 234 valence electrons. The number of aromatic nitrogens is 5. The third-order valence-corrected chi connectivity index (χ3v) is 6.01. The first-order chi connectivity index (χ1) is 20.6. The molecule has 5 rings (SSSR count). The molecule has 1 unspecified atom stereocenters. The van der Waals surface area contributed by atoms with E-state index in [1.165, 1.54) is 0 Å². The highest BCUT2D eigenvalue weighted by molar-refractivity contribution is 5.92. The topological polar surface area (TPSA) is 151 Å². The minimum absolute atomic E-state index is 0.0222. The summed E-state index contributed by atoms with van der Waals surface area (Å²) < 4.78 is 65.3. The van der Waals surface area contributed by atoms with Crippen LogP contribution in [-0.4, -0.2) is 83.0 Å². The highest BCUT2D eigenvalue weighted by Gasteiger charge is 2.39. The number of halogens is 6. The van der Waals surface area contributed by atoms with Crippen molar-refractivity contribution in [1.82, 2.24) is 29.5 Å². The lowest BCUT2D eigenvalue weighted by Crippen LogP contribution is -2.39. The molecular weight excluding hydrogens is 602 g/mol. The van der Waals surface area contributed by atoms with Crippen LogP contribution in [0.1, 0.15) is 40.8 Å². The summed E-state index contributed by atoms with van der Waals surface area (Å²) >= 11 is 0. The molecule has 1 fully saturated rings. The highest BCUT2D eigenvalue weighted by atomic mass is 19.4. The molecule has 0 bridgehead atoms. The lowest BCUT2D eigenvalue weighted by atomic mass is 9.97. The van der Waals surface area contributed by atoms with E-state index in [-0.39, 0.29) is 11.8 Å². The molecule has 2 N–H and O–H groups in total. The number of carbonyl (C=O) groups excluding carboxylic acids is 1. The van der Waals surface area contributed by atoms with E-state index in [4.69, 9.17) is 29.9 Å². The van der Waals surface area contributed by atoms with Gasteiger partial charge in [0.2, 0.25) is 0 Å². The Morgan fingerprint density at radius 1 is 0.886 bits per heavy atom. The Morgan fingerprint density at radius 2 is 1.55 bits per heavy atom. The van der Waals surface area contributed by atoms with Gasteiger partial charge in [-0.1, -0.05) is 12.1 Å². The summed E-state index contributed by atoms with van der Waals surface area (Å²) in [5, 5.41) is 19.0. The number of carboxylic acid groups (broad SMARTS) is 2. The lowest BCUT2D eigenvalue weighted by molar-refractivity contribution is -0.193. The second-order valence-electron chi connectivity index (χ2n) is 9.29. The number of hydrogen-bond donors (Lipinski definition) is 2. The molecule has 1 aliphatic heterocycles. The van der Waals surface area contributed by atoms with E-state index in [1.54, 1.807) is 12.3 Å². The fourth-order valence-electron chi connectivity index (χ4n) is 3.97. The minimum Gasteiger partial charge on any atom is -0.475 e. The summed E-state index contributed by atoms with van der Waals surface area (Å²) in [6, 6.07) is 13.5. The van der Waals surface area contributed by atoms with Crippen molar-refractivity contribution in [2.75, 3.05) is 13.1 Å². The van der Waals surface area contributed by atoms with Crippen LogP contribution < -0.4 is 0 Å². The Labute approximate surface area is 244 Å². The molecule has 44 heavy (non-hydrogen) atoms. The van der Waals surface area contributed by atoms with E-state index in [1.807, 2.05) is 65.1 Å². The molecule has 0 saturated carbocycles. The van der Waals surface area contributed by atoms with Crippen molar-refractivity contribution in [3.05, 3.63) is 78.3 Å². The molecule has 4 aromatic heterocycles. The van der Waals surface area contributed by atoms with Gasteiger partial charge >= 0.3 is 24.3 Å². The molecule has 0 aromatic carbocycles. The number of carbonyl (C=O) groups is 3. The van der Waals surface area contributed by atoms with Crippen LogP contribution in [0, 0.1) is 6.92 Å². The third-order valence-electron chi connectivity index (χ3n) is 6.01. The van der Waals surface area contributed by atoms with Crippen LogP contribution >= 0.6 is 0 Å². The Balaban J connectivity index is 0.000000317. The van der Waals surface area contributed by atoms with Crippen molar-refractivity contribution >= 4 is 23.5 Å². The summed E-state index contributed by atoms with van der Waals surface area (Å²) in [6.07, 6.45) is -2.69. The smallest absolute Gasteiger partial charge is 0.475 e. The van der Waals surface area contributed by atoms with Gasteiger partial charge in [-0.15, -0.1) is 0 Å². The van der Waals surface area contributed by atoms with Gasteiger partial charge < -0.3 is 15.1 Å². The number of likely N-dealkylation sites (tertiary alicyclic amines) is 1. The van der Waals surface area contributed by atoms with Crippen molar-refractivity contribution in [1.29, 1.82) is 0 Å². The van der Waals surface area contributed by atoms with Gasteiger partial charge in [0, 0.05) is 54.4 Å². The average Bonchev–Trinajstić information content (AvgIpc) is 3.41. The van der Waals surface area contributed by atoms with E-state index in [0.29, 0.717) is 12.2 Å². The summed E-state index contributed by atoms with van der Waals surface area (Å²) in [5.41, 5.74) is 4.23. The summed E-state index contributed by atoms with van der Waals surface area (Å²) in [4.78, 5) is 45.9. The second-order valence-corrected chi connectivity index (χ2v) is 9.29. The van der Waals surface area contributed by atoms with E-state index in [9.17, 15) is 31.1 Å². The average molecular weight is 627 g/mol. The SMILES string of the molecule is Cc1cccc(C(=O)N2CCCC(c3nc4ccc(-c5cccnc5)cn4n3)C2)n1.O=C(O)C(F)(F)F.O=C(O)C(F)(F)F. The monoisotopic (exact) mass is 626 g/mol. The third kappa shape index (κ3) is 9.20. The standard InChI is InChI=1S/C23H22N6O.2C2HF3O2/c1-16-5-2-8-20(25-16)23(30)28-12-4-7-19(14-28)22-26-21-10-9-18(15-29(21)27-22)17-6-3-11-24-13-17;2*3-2(4,5)1(6)7/h2-3,5-6,8-11,13,15,19H,4,7,12,14H2,1H3;2*(H,6,7).